The van der Waals surface area contributed by atoms with Crippen molar-refractivity contribution < 1.29 is 9.18 Å². The van der Waals surface area contributed by atoms with Gasteiger partial charge in [0.15, 0.2) is 0 Å². The monoisotopic (exact) mass is 279 g/mol. The summed E-state index contributed by atoms with van der Waals surface area (Å²) >= 11 is 0. The Bertz CT molecular complexity index is 466. The van der Waals surface area contributed by atoms with E-state index in [1.165, 1.54) is 12.1 Å². The normalized spacial score (nSPS) is 22.9. The summed E-state index contributed by atoms with van der Waals surface area (Å²) in [5.41, 5.74) is 6.19. The Hall–Kier alpha value is -1.46. The maximum Gasteiger partial charge on any atom is 0.225 e. The molecule has 1 aromatic rings. The molecule has 0 bridgehead atoms. The molecule has 1 aliphatic rings. The van der Waals surface area contributed by atoms with E-state index in [1.807, 2.05) is 0 Å². The van der Waals surface area contributed by atoms with Crippen molar-refractivity contribution in [2.24, 2.45) is 11.7 Å². The molecule has 4 nitrogen and oxygen atoms in total. The van der Waals surface area contributed by atoms with Gasteiger partial charge in [0.1, 0.15) is 5.82 Å². The van der Waals surface area contributed by atoms with Crippen molar-refractivity contribution in [1.82, 2.24) is 4.90 Å². The molecule has 1 fully saturated rings. The number of carbonyl (C=O) groups is 1. The van der Waals surface area contributed by atoms with Gasteiger partial charge in [-0.25, -0.2) is 4.39 Å². The van der Waals surface area contributed by atoms with Crippen molar-refractivity contribution >= 4 is 11.6 Å². The number of nitrogens with two attached hydrogens (primary N) is 1. The average Bonchev–Trinajstić information content (AvgIpc) is 2.77. The first-order valence-corrected chi connectivity index (χ1v) is 7.08. The zero-order chi connectivity index (χ0) is 14.5. The summed E-state index contributed by atoms with van der Waals surface area (Å²) in [6.45, 7) is 4.56. The van der Waals surface area contributed by atoms with E-state index in [4.69, 9.17) is 5.73 Å². The topological polar surface area (TPSA) is 58.4 Å². The second-order valence-corrected chi connectivity index (χ2v) is 5.49. The van der Waals surface area contributed by atoms with E-state index < -0.39 is 0 Å². The van der Waals surface area contributed by atoms with Crippen LogP contribution in [0.3, 0.4) is 0 Å². The van der Waals surface area contributed by atoms with Crippen LogP contribution in [0.15, 0.2) is 24.3 Å². The van der Waals surface area contributed by atoms with Crippen LogP contribution in [0.25, 0.3) is 0 Å². The molecule has 0 aliphatic carbocycles. The summed E-state index contributed by atoms with van der Waals surface area (Å²) < 4.78 is 13.0. The molecule has 1 heterocycles. The third-order valence-electron chi connectivity index (χ3n) is 3.86. The number of hydrogen-bond donors (Lipinski definition) is 2. The summed E-state index contributed by atoms with van der Waals surface area (Å²) in [6.07, 6.45) is 1.51. The number of hydrogen-bond acceptors (Lipinski definition) is 3. The molecule has 5 heteroatoms. The van der Waals surface area contributed by atoms with E-state index in [0.717, 1.165) is 19.5 Å². The maximum atomic E-state index is 13.0. The van der Waals surface area contributed by atoms with Crippen LogP contribution in [0, 0.1) is 11.7 Å². The Morgan fingerprint density at radius 3 is 3.00 bits per heavy atom. The van der Waals surface area contributed by atoms with Gasteiger partial charge in [0, 0.05) is 31.2 Å². The molecule has 2 atom stereocenters. The van der Waals surface area contributed by atoms with Crippen LogP contribution in [0.1, 0.15) is 19.8 Å². The molecular weight excluding hydrogens is 257 g/mol. The van der Waals surface area contributed by atoms with E-state index >= 15 is 0 Å². The minimum Gasteiger partial charge on any atom is -0.330 e. The van der Waals surface area contributed by atoms with Crippen molar-refractivity contribution in [3.8, 4) is 0 Å². The lowest BCUT2D eigenvalue weighted by Gasteiger charge is -2.20. The van der Waals surface area contributed by atoms with Crippen LogP contribution in [0.4, 0.5) is 10.1 Å². The molecule has 2 unspecified atom stereocenters. The Morgan fingerprint density at radius 2 is 2.35 bits per heavy atom. The summed E-state index contributed by atoms with van der Waals surface area (Å²) in [5, 5.41) is 2.72. The van der Waals surface area contributed by atoms with Crippen LogP contribution in [0.2, 0.25) is 0 Å². The molecule has 20 heavy (non-hydrogen) atoms. The number of benzene rings is 1. The molecule has 3 N–H and O–H groups in total. The van der Waals surface area contributed by atoms with E-state index in [-0.39, 0.29) is 11.7 Å². The summed E-state index contributed by atoms with van der Waals surface area (Å²) in [7, 11) is 0. The predicted molar refractivity (Wildman–Crippen MR) is 77.8 cm³/mol. The fourth-order valence-electron chi connectivity index (χ4n) is 2.73. The molecule has 1 aromatic carbocycles. The van der Waals surface area contributed by atoms with Gasteiger partial charge in [-0.1, -0.05) is 6.07 Å². The van der Waals surface area contributed by atoms with Crippen LogP contribution >= 0.6 is 0 Å². The number of likely N-dealkylation sites (tertiary alicyclic amines) is 1. The SMILES string of the molecule is CC1CC(CN)CN1CCC(=O)Nc1cccc(F)c1. The highest BCUT2D eigenvalue weighted by Crippen LogP contribution is 2.22. The predicted octanol–water partition coefficient (Wildman–Crippen LogP) is 1.82. The zero-order valence-corrected chi connectivity index (χ0v) is 11.8. The third-order valence-corrected chi connectivity index (χ3v) is 3.86. The number of nitrogens with zero attached hydrogens (tertiary/aromatic N) is 1. The van der Waals surface area contributed by atoms with Gasteiger partial charge in [0.25, 0.3) is 0 Å². The first-order valence-electron chi connectivity index (χ1n) is 7.08. The van der Waals surface area contributed by atoms with Gasteiger partial charge in [-0.3, -0.25) is 9.69 Å². The van der Waals surface area contributed by atoms with E-state index in [9.17, 15) is 9.18 Å². The minimum atomic E-state index is -0.346. The van der Waals surface area contributed by atoms with Gasteiger partial charge in [0.05, 0.1) is 0 Å². The number of anilines is 1. The number of halogens is 1. The molecule has 1 aliphatic heterocycles. The summed E-state index contributed by atoms with van der Waals surface area (Å²) in [6, 6.07) is 6.42. The van der Waals surface area contributed by atoms with Crippen molar-refractivity contribution in [1.29, 1.82) is 0 Å². The molecule has 0 aromatic heterocycles. The van der Waals surface area contributed by atoms with Crippen LogP contribution in [0.5, 0.6) is 0 Å². The van der Waals surface area contributed by atoms with Gasteiger partial charge in [-0.15, -0.1) is 0 Å². The quantitative estimate of drug-likeness (QED) is 0.864. The third kappa shape index (κ3) is 4.02. The largest absolute Gasteiger partial charge is 0.330 e. The zero-order valence-electron chi connectivity index (χ0n) is 11.8. The number of amides is 1. The smallest absolute Gasteiger partial charge is 0.225 e. The van der Waals surface area contributed by atoms with Gasteiger partial charge in [0.2, 0.25) is 5.91 Å². The van der Waals surface area contributed by atoms with Crippen LogP contribution in [-0.4, -0.2) is 36.5 Å². The second-order valence-electron chi connectivity index (χ2n) is 5.49. The lowest BCUT2D eigenvalue weighted by Crippen LogP contribution is -2.31. The maximum absolute atomic E-state index is 13.0. The van der Waals surface area contributed by atoms with Gasteiger partial charge in [-0.05, 0) is 44.0 Å². The second kappa shape index (κ2) is 6.81. The molecule has 0 spiro atoms. The highest BCUT2D eigenvalue weighted by Gasteiger charge is 2.27. The number of rotatable bonds is 5. The molecule has 2 rings (SSSR count). The highest BCUT2D eigenvalue weighted by atomic mass is 19.1. The van der Waals surface area contributed by atoms with Crippen molar-refractivity contribution in [3.05, 3.63) is 30.1 Å². The van der Waals surface area contributed by atoms with Crippen molar-refractivity contribution in [2.45, 2.75) is 25.8 Å². The standard InChI is InChI=1S/C15H22FN3O/c1-11-7-12(9-17)10-19(11)6-5-15(20)18-14-4-2-3-13(16)8-14/h2-4,8,11-12H,5-7,9-10,17H2,1H3,(H,18,20). The Morgan fingerprint density at radius 1 is 1.55 bits per heavy atom. The van der Waals surface area contributed by atoms with Crippen molar-refractivity contribution in [2.75, 3.05) is 25.0 Å². The first-order chi connectivity index (χ1) is 9.58. The highest BCUT2D eigenvalue weighted by molar-refractivity contribution is 5.90. The van der Waals surface area contributed by atoms with Gasteiger partial charge < -0.3 is 11.1 Å². The molecular formula is C15H22FN3O. The Kier molecular flexibility index (Phi) is 5.09. The Balaban J connectivity index is 1.78. The molecule has 1 amide bonds. The fourth-order valence-corrected chi connectivity index (χ4v) is 2.73. The van der Waals surface area contributed by atoms with Gasteiger partial charge in [-0.2, -0.15) is 0 Å². The molecule has 0 radical (unpaired) electrons. The van der Waals surface area contributed by atoms with Crippen molar-refractivity contribution in [3.63, 3.8) is 0 Å². The molecule has 110 valence electrons. The minimum absolute atomic E-state index is 0.0843. The summed E-state index contributed by atoms with van der Waals surface area (Å²) in [4.78, 5) is 14.1. The number of carbonyl (C=O) groups excluding carboxylic acids is 1. The van der Waals surface area contributed by atoms with Crippen LogP contribution in [-0.2, 0) is 4.79 Å². The fraction of sp³-hybridized carbons (Fsp3) is 0.533. The van der Waals surface area contributed by atoms with E-state index in [2.05, 4.69) is 17.1 Å². The van der Waals surface area contributed by atoms with E-state index in [1.54, 1.807) is 12.1 Å². The number of nitrogens with one attached hydrogen (secondary N) is 1. The lowest BCUT2D eigenvalue weighted by molar-refractivity contribution is -0.116. The van der Waals surface area contributed by atoms with Crippen LogP contribution < -0.4 is 11.1 Å². The Labute approximate surface area is 119 Å². The molecule has 1 saturated heterocycles. The lowest BCUT2D eigenvalue weighted by atomic mass is 10.1. The summed E-state index contributed by atoms with van der Waals surface area (Å²) in [5.74, 6) is 0.108. The average molecular weight is 279 g/mol. The first kappa shape index (κ1) is 14.9. The molecule has 0 saturated carbocycles. The van der Waals surface area contributed by atoms with Gasteiger partial charge >= 0.3 is 0 Å². The van der Waals surface area contributed by atoms with E-state index in [0.29, 0.717) is 30.6 Å².